The fraction of sp³-hybridized carbons (Fsp3) is 0.444. The van der Waals surface area contributed by atoms with Crippen LogP contribution in [0.2, 0.25) is 18.1 Å². The van der Waals surface area contributed by atoms with Crippen molar-refractivity contribution in [2.75, 3.05) is 12.9 Å². The van der Waals surface area contributed by atoms with Gasteiger partial charge in [0.25, 0.3) is 5.91 Å². The molecule has 256 valence electrons. The van der Waals surface area contributed by atoms with Crippen LogP contribution in [0.3, 0.4) is 0 Å². The lowest BCUT2D eigenvalue weighted by atomic mass is 9.67. The minimum absolute atomic E-state index is 0.0873. The average molecular weight is 757 g/mol. The minimum atomic E-state index is -2.30. The third kappa shape index (κ3) is 7.07. The van der Waals surface area contributed by atoms with Crippen LogP contribution in [0.1, 0.15) is 68.6 Å². The standard InChI is InChI=1S/C36H43BrFN3O5SSi/c1-34(2,3)45-33(43)41(31(42)22-13-11-10-12-14-22)32-40-36(27-18-24(15-16-29(27)38)46-48(8,9)35(4,5)6)19-26-25(17-23(36)21-47-32)28(37)20-39-30(26)44-7/h10-16,18,20,23H,17,19,21H2,1-9H3/t23-,36-/m0/s1. The second kappa shape index (κ2) is 13.2. The Hall–Kier alpha value is -3.22. The van der Waals surface area contributed by atoms with Crippen molar-refractivity contribution in [2.24, 2.45) is 10.9 Å². The number of hydrogen-bond donors (Lipinski definition) is 0. The summed E-state index contributed by atoms with van der Waals surface area (Å²) in [5.74, 6) is 0.158. The first-order chi connectivity index (χ1) is 22.4. The van der Waals surface area contributed by atoms with Crippen LogP contribution in [0.25, 0.3) is 0 Å². The van der Waals surface area contributed by atoms with Gasteiger partial charge in [0.05, 0.1) is 12.6 Å². The molecular formula is C36H43BrFN3O5SSi. The van der Waals surface area contributed by atoms with Crippen LogP contribution in [-0.2, 0) is 23.1 Å². The third-order valence-corrected chi connectivity index (χ3v) is 15.4. The molecule has 12 heteroatoms. The van der Waals surface area contributed by atoms with Gasteiger partial charge in [-0.2, -0.15) is 4.90 Å². The van der Waals surface area contributed by atoms with Crippen LogP contribution in [0, 0.1) is 11.7 Å². The van der Waals surface area contributed by atoms with Gasteiger partial charge in [-0.3, -0.25) is 4.79 Å². The molecule has 2 heterocycles. The predicted molar refractivity (Wildman–Crippen MR) is 194 cm³/mol. The zero-order chi connectivity index (χ0) is 35.2. The van der Waals surface area contributed by atoms with Crippen molar-refractivity contribution < 1.29 is 27.9 Å². The van der Waals surface area contributed by atoms with E-state index in [1.165, 1.54) is 17.8 Å². The Bertz CT molecular complexity index is 1760. The van der Waals surface area contributed by atoms with Crippen LogP contribution in [0.5, 0.6) is 11.6 Å². The Balaban J connectivity index is 1.75. The second-order valence-corrected chi connectivity index (χ2v) is 21.3. The summed E-state index contributed by atoms with van der Waals surface area (Å²) in [6.45, 7) is 15.9. The maximum absolute atomic E-state index is 16.4. The summed E-state index contributed by atoms with van der Waals surface area (Å²) in [7, 11) is -0.742. The number of amidine groups is 1. The number of imide groups is 1. The molecule has 2 amide bonds. The van der Waals surface area contributed by atoms with E-state index in [0.29, 0.717) is 34.9 Å². The lowest BCUT2D eigenvalue weighted by Gasteiger charge is -2.46. The van der Waals surface area contributed by atoms with Crippen molar-refractivity contribution in [1.29, 1.82) is 0 Å². The van der Waals surface area contributed by atoms with Crippen LogP contribution in [0.4, 0.5) is 9.18 Å². The Morgan fingerprint density at radius 1 is 1.06 bits per heavy atom. The van der Waals surface area contributed by atoms with E-state index in [4.69, 9.17) is 18.9 Å². The highest BCUT2D eigenvalue weighted by molar-refractivity contribution is 9.10. The smallest absolute Gasteiger partial charge is 0.423 e. The summed E-state index contributed by atoms with van der Waals surface area (Å²) in [6.07, 6.45) is 1.61. The first-order valence-electron chi connectivity index (χ1n) is 15.9. The van der Waals surface area contributed by atoms with Crippen molar-refractivity contribution in [3.05, 3.63) is 87.3 Å². The second-order valence-electron chi connectivity index (χ2n) is 14.8. The van der Waals surface area contributed by atoms with Gasteiger partial charge in [-0.1, -0.05) is 50.7 Å². The molecule has 5 rings (SSSR count). The number of pyridine rings is 1. The number of carbonyl (C=O) groups excluding carboxylic acids is 2. The van der Waals surface area contributed by atoms with Crippen molar-refractivity contribution in [3.63, 3.8) is 0 Å². The lowest BCUT2D eigenvalue weighted by Crippen LogP contribution is -2.51. The number of benzene rings is 2. The van der Waals surface area contributed by atoms with E-state index < -0.39 is 37.3 Å². The fourth-order valence-electron chi connectivity index (χ4n) is 5.76. The molecule has 2 aromatic carbocycles. The molecule has 0 fully saturated rings. The highest BCUT2D eigenvalue weighted by Crippen LogP contribution is 2.52. The van der Waals surface area contributed by atoms with Crippen molar-refractivity contribution >= 4 is 53.2 Å². The average Bonchev–Trinajstić information content (AvgIpc) is 3.00. The molecule has 0 saturated heterocycles. The van der Waals surface area contributed by atoms with Crippen molar-refractivity contribution in [1.82, 2.24) is 9.88 Å². The topological polar surface area (TPSA) is 90.3 Å². The largest absolute Gasteiger partial charge is 0.543 e. The van der Waals surface area contributed by atoms with E-state index in [1.807, 2.05) is 0 Å². The van der Waals surface area contributed by atoms with Crippen LogP contribution < -0.4 is 9.16 Å². The first kappa shape index (κ1) is 36.1. The number of aromatic nitrogens is 1. The summed E-state index contributed by atoms with van der Waals surface area (Å²) in [4.78, 5) is 38.7. The summed E-state index contributed by atoms with van der Waals surface area (Å²) in [6, 6.07) is 13.4. The Labute approximate surface area is 296 Å². The molecule has 0 unspecified atom stereocenters. The molecule has 1 aliphatic carbocycles. The van der Waals surface area contributed by atoms with E-state index in [0.717, 1.165) is 20.5 Å². The molecule has 0 spiro atoms. The number of halogens is 2. The summed E-state index contributed by atoms with van der Waals surface area (Å²) in [5.41, 5.74) is 0.292. The fourth-order valence-corrected chi connectivity index (χ4v) is 8.54. The number of nitrogens with zero attached hydrogens (tertiary/aromatic N) is 3. The van der Waals surface area contributed by atoms with Gasteiger partial charge in [-0.25, -0.2) is 19.2 Å². The van der Waals surface area contributed by atoms with E-state index in [9.17, 15) is 9.59 Å². The molecule has 0 N–H and O–H groups in total. The summed E-state index contributed by atoms with van der Waals surface area (Å²) >= 11 is 4.96. The van der Waals surface area contributed by atoms with Gasteiger partial charge in [-0.05, 0) is 97.1 Å². The number of fused-ring (bicyclic) bond motifs is 2. The number of methoxy groups -OCH3 is 1. The molecule has 1 aromatic heterocycles. The monoisotopic (exact) mass is 755 g/mol. The van der Waals surface area contributed by atoms with Crippen molar-refractivity contribution in [2.45, 2.75) is 83.7 Å². The maximum Gasteiger partial charge on any atom is 0.423 e. The van der Waals surface area contributed by atoms with E-state index >= 15 is 4.39 Å². The zero-order valence-electron chi connectivity index (χ0n) is 28.9. The Kier molecular flexibility index (Phi) is 9.95. The summed E-state index contributed by atoms with van der Waals surface area (Å²) in [5, 5.41) is 0.0468. The third-order valence-electron chi connectivity index (χ3n) is 9.25. The number of rotatable bonds is 5. The van der Waals surface area contributed by atoms with Gasteiger partial charge >= 0.3 is 6.09 Å². The molecule has 2 aliphatic rings. The van der Waals surface area contributed by atoms with Gasteiger partial charge in [-0.15, -0.1) is 0 Å². The molecule has 0 radical (unpaired) electrons. The summed E-state index contributed by atoms with van der Waals surface area (Å²) < 4.78 is 35.4. The van der Waals surface area contributed by atoms with Crippen molar-refractivity contribution in [3.8, 4) is 11.6 Å². The Morgan fingerprint density at radius 2 is 1.75 bits per heavy atom. The Morgan fingerprint density at radius 3 is 2.38 bits per heavy atom. The quantitative estimate of drug-likeness (QED) is 0.240. The number of aliphatic imine (C=N–C) groups is 1. The molecule has 1 aliphatic heterocycles. The van der Waals surface area contributed by atoms with E-state index in [1.54, 1.807) is 76.5 Å². The van der Waals surface area contributed by atoms with Crippen LogP contribution >= 0.6 is 27.7 Å². The normalized spacial score (nSPS) is 19.4. The highest BCUT2D eigenvalue weighted by Gasteiger charge is 2.51. The number of hydrogen-bond acceptors (Lipinski definition) is 8. The molecule has 48 heavy (non-hydrogen) atoms. The number of amides is 2. The molecule has 3 aromatic rings. The molecular weight excluding hydrogens is 713 g/mol. The minimum Gasteiger partial charge on any atom is -0.543 e. The number of ether oxygens (including phenoxy) is 2. The van der Waals surface area contributed by atoms with E-state index in [2.05, 4.69) is 54.8 Å². The van der Waals surface area contributed by atoms with Gasteiger partial charge in [0.1, 0.15) is 17.2 Å². The van der Waals surface area contributed by atoms with Gasteiger partial charge < -0.3 is 13.9 Å². The van der Waals surface area contributed by atoms with Crippen LogP contribution in [-0.4, -0.2) is 53.8 Å². The van der Waals surface area contributed by atoms with Gasteiger partial charge in [0, 0.05) is 45.5 Å². The van der Waals surface area contributed by atoms with E-state index in [-0.39, 0.29) is 22.5 Å². The number of thioether (sulfide) groups is 1. The zero-order valence-corrected chi connectivity index (χ0v) is 32.3. The predicted octanol–water partition coefficient (Wildman–Crippen LogP) is 9.17. The van der Waals surface area contributed by atoms with Crippen LogP contribution in [0.15, 0.2) is 64.2 Å². The molecule has 8 nitrogen and oxygen atoms in total. The van der Waals surface area contributed by atoms with Gasteiger partial charge in [0.2, 0.25) is 14.2 Å². The van der Waals surface area contributed by atoms with Gasteiger partial charge in [0.15, 0.2) is 5.17 Å². The first-order valence-corrected chi connectivity index (χ1v) is 20.6. The highest BCUT2D eigenvalue weighted by atomic mass is 79.9. The number of carbonyl (C=O) groups is 2. The molecule has 0 saturated carbocycles. The SMILES string of the molecule is COc1ncc(Br)c2c1C[C@]1(c3cc(O[Si](C)(C)C(C)(C)C)ccc3F)N=C(N(C(=O)OC(C)(C)C)C(=O)c3ccccc3)SC[C@@H]1C2. The maximum atomic E-state index is 16.4. The molecule has 2 atom stereocenters. The lowest BCUT2D eigenvalue weighted by molar-refractivity contribution is 0.0352. The molecule has 0 bridgehead atoms.